The molecule has 4 nitrogen and oxygen atoms in total. The number of amides is 1. The largest absolute Gasteiger partial charge is 0.324 e. The van der Waals surface area contributed by atoms with E-state index in [0.717, 1.165) is 26.2 Å². The molecular formula is C23H26ClF2N3O. The molecule has 7 heteroatoms. The molecule has 1 N–H and O–H groups in total. The molecule has 0 spiro atoms. The van der Waals surface area contributed by atoms with Gasteiger partial charge >= 0.3 is 0 Å². The lowest BCUT2D eigenvalue weighted by molar-refractivity contribution is -0.116. The first-order valence-corrected chi connectivity index (χ1v) is 10.3. The van der Waals surface area contributed by atoms with Crippen molar-refractivity contribution in [2.75, 3.05) is 45.1 Å². The van der Waals surface area contributed by atoms with E-state index >= 15 is 0 Å². The van der Waals surface area contributed by atoms with Gasteiger partial charge in [0.2, 0.25) is 5.91 Å². The van der Waals surface area contributed by atoms with E-state index in [0.29, 0.717) is 34.7 Å². The molecular weight excluding hydrogens is 408 g/mol. The van der Waals surface area contributed by atoms with E-state index in [-0.39, 0.29) is 17.4 Å². The molecule has 0 radical (unpaired) electrons. The highest BCUT2D eigenvalue weighted by molar-refractivity contribution is 6.30. The lowest BCUT2D eigenvalue weighted by Gasteiger charge is -2.32. The lowest BCUT2D eigenvalue weighted by atomic mass is 10.0. The molecule has 1 heterocycles. The first-order chi connectivity index (χ1) is 14.3. The molecule has 1 aliphatic heterocycles. The minimum Gasteiger partial charge on any atom is -0.324 e. The van der Waals surface area contributed by atoms with Crippen LogP contribution in [0.4, 0.5) is 14.5 Å². The minimum atomic E-state index is -0.508. The minimum absolute atomic E-state index is 0.117. The number of anilines is 1. The number of allylic oxidation sites excluding steroid dienone is 1. The maximum absolute atomic E-state index is 14.2. The van der Waals surface area contributed by atoms with Crippen molar-refractivity contribution >= 4 is 34.8 Å². The number of nitrogens with zero attached hydrogens (tertiary/aromatic N) is 2. The molecule has 0 unspecified atom stereocenters. The van der Waals surface area contributed by atoms with Crippen molar-refractivity contribution < 1.29 is 13.6 Å². The van der Waals surface area contributed by atoms with Crippen molar-refractivity contribution in [2.45, 2.75) is 13.3 Å². The van der Waals surface area contributed by atoms with Gasteiger partial charge in [0.05, 0.1) is 5.69 Å². The summed E-state index contributed by atoms with van der Waals surface area (Å²) in [5.74, 6) is -1.12. The van der Waals surface area contributed by atoms with E-state index in [1.807, 2.05) is 0 Å². The van der Waals surface area contributed by atoms with E-state index < -0.39 is 5.82 Å². The van der Waals surface area contributed by atoms with Crippen LogP contribution in [0, 0.1) is 11.6 Å². The van der Waals surface area contributed by atoms with Crippen LogP contribution < -0.4 is 5.32 Å². The Morgan fingerprint density at radius 2 is 1.80 bits per heavy atom. The second kappa shape index (κ2) is 10.2. The summed E-state index contributed by atoms with van der Waals surface area (Å²) < 4.78 is 28.3. The Hall–Kier alpha value is -2.28. The molecule has 3 rings (SSSR count). The van der Waals surface area contributed by atoms with Crippen LogP contribution in [0.25, 0.3) is 11.6 Å². The van der Waals surface area contributed by atoms with Crippen molar-refractivity contribution in [3.63, 3.8) is 0 Å². The number of piperazine rings is 1. The van der Waals surface area contributed by atoms with Crippen LogP contribution in [-0.2, 0) is 4.79 Å². The number of hydrogen-bond donors (Lipinski definition) is 1. The fraction of sp³-hybridized carbons (Fsp3) is 0.348. The van der Waals surface area contributed by atoms with E-state index in [1.54, 1.807) is 31.2 Å². The van der Waals surface area contributed by atoms with Gasteiger partial charge in [-0.25, -0.2) is 8.78 Å². The number of carbonyl (C=O) groups excluding carboxylic acids is 1. The number of hydrogen-bond acceptors (Lipinski definition) is 3. The normalized spacial score (nSPS) is 16.0. The predicted octanol–water partition coefficient (Wildman–Crippen LogP) is 4.75. The van der Waals surface area contributed by atoms with Gasteiger partial charge in [0.1, 0.15) is 11.6 Å². The highest BCUT2D eigenvalue weighted by atomic mass is 35.5. The monoisotopic (exact) mass is 433 g/mol. The molecule has 0 saturated carbocycles. The van der Waals surface area contributed by atoms with Crippen LogP contribution in [0.3, 0.4) is 0 Å². The molecule has 2 aromatic carbocycles. The zero-order valence-corrected chi connectivity index (χ0v) is 18.0. The van der Waals surface area contributed by atoms with Gasteiger partial charge in [-0.2, -0.15) is 0 Å². The van der Waals surface area contributed by atoms with Crippen molar-refractivity contribution in [1.82, 2.24) is 9.80 Å². The third-order valence-corrected chi connectivity index (χ3v) is 5.49. The maximum Gasteiger partial charge on any atom is 0.225 e. The van der Waals surface area contributed by atoms with Gasteiger partial charge in [-0.3, -0.25) is 4.79 Å². The average molecular weight is 434 g/mol. The molecule has 1 saturated heterocycles. The van der Waals surface area contributed by atoms with Crippen LogP contribution in [-0.4, -0.2) is 55.5 Å². The zero-order valence-electron chi connectivity index (χ0n) is 17.2. The van der Waals surface area contributed by atoms with Crippen molar-refractivity contribution in [2.24, 2.45) is 0 Å². The topological polar surface area (TPSA) is 35.6 Å². The highest BCUT2D eigenvalue weighted by Crippen LogP contribution is 2.25. The molecule has 0 bridgehead atoms. The van der Waals surface area contributed by atoms with Crippen LogP contribution in [0.2, 0.25) is 5.02 Å². The van der Waals surface area contributed by atoms with Gasteiger partial charge in [0.15, 0.2) is 0 Å². The summed E-state index contributed by atoms with van der Waals surface area (Å²) in [5.41, 5.74) is 1.80. The Morgan fingerprint density at radius 3 is 2.53 bits per heavy atom. The van der Waals surface area contributed by atoms with Crippen LogP contribution in [0.15, 0.2) is 36.4 Å². The summed E-state index contributed by atoms with van der Waals surface area (Å²) in [6.45, 7) is 6.23. The smallest absolute Gasteiger partial charge is 0.225 e. The van der Waals surface area contributed by atoms with Gasteiger partial charge in [0, 0.05) is 49.7 Å². The summed E-state index contributed by atoms with van der Waals surface area (Å²) in [4.78, 5) is 16.8. The molecule has 2 aromatic rings. The van der Waals surface area contributed by atoms with Crippen LogP contribution >= 0.6 is 11.6 Å². The molecule has 30 heavy (non-hydrogen) atoms. The molecule has 0 aromatic heterocycles. The number of rotatable bonds is 6. The van der Waals surface area contributed by atoms with Crippen molar-refractivity contribution in [3.8, 4) is 0 Å². The summed E-state index contributed by atoms with van der Waals surface area (Å²) in [6, 6.07) is 8.78. The number of carbonyl (C=O) groups is 1. The Balaban J connectivity index is 1.66. The lowest BCUT2D eigenvalue weighted by Crippen LogP contribution is -2.45. The SMILES string of the molecule is CC(=Cc1ccc(F)c(NC(=O)CCN2CCN(C)CC2)c1)c1cc(Cl)ccc1F. The number of benzene rings is 2. The fourth-order valence-electron chi connectivity index (χ4n) is 3.40. The predicted molar refractivity (Wildman–Crippen MR) is 119 cm³/mol. The van der Waals surface area contributed by atoms with Crippen molar-refractivity contribution in [1.29, 1.82) is 0 Å². The summed E-state index contributed by atoms with van der Waals surface area (Å²) >= 11 is 5.96. The first kappa shape index (κ1) is 22.4. The van der Waals surface area contributed by atoms with E-state index in [9.17, 15) is 13.6 Å². The molecule has 1 amide bonds. The maximum atomic E-state index is 14.2. The number of halogens is 3. The Morgan fingerprint density at radius 1 is 1.10 bits per heavy atom. The highest BCUT2D eigenvalue weighted by Gasteiger charge is 2.15. The first-order valence-electron chi connectivity index (χ1n) is 9.96. The quantitative estimate of drug-likeness (QED) is 0.667. The third kappa shape index (κ3) is 6.11. The molecule has 0 aliphatic carbocycles. The van der Waals surface area contributed by atoms with E-state index in [1.165, 1.54) is 18.2 Å². The molecule has 0 atom stereocenters. The van der Waals surface area contributed by atoms with Crippen LogP contribution in [0.1, 0.15) is 24.5 Å². The Bertz CT molecular complexity index is 940. The Labute approximate surface area is 181 Å². The fourth-order valence-corrected chi connectivity index (χ4v) is 3.57. The van der Waals surface area contributed by atoms with E-state index in [2.05, 4.69) is 22.2 Å². The second-order valence-electron chi connectivity index (χ2n) is 7.63. The molecule has 160 valence electrons. The van der Waals surface area contributed by atoms with Crippen LogP contribution in [0.5, 0.6) is 0 Å². The Kier molecular flexibility index (Phi) is 7.58. The van der Waals surface area contributed by atoms with Gasteiger partial charge in [-0.15, -0.1) is 0 Å². The molecule has 1 fully saturated rings. The second-order valence-corrected chi connectivity index (χ2v) is 8.07. The summed E-state index contributed by atoms with van der Waals surface area (Å²) in [6.07, 6.45) is 2.03. The van der Waals surface area contributed by atoms with Gasteiger partial charge < -0.3 is 15.1 Å². The third-order valence-electron chi connectivity index (χ3n) is 5.25. The average Bonchev–Trinajstić information content (AvgIpc) is 2.72. The standard InChI is InChI=1S/C23H26ClF2N3O/c1-16(19-15-18(24)4-6-20(19)25)13-17-3-5-21(26)22(14-17)27-23(30)7-8-29-11-9-28(2)10-12-29/h3-6,13-15H,7-12H2,1-2H3,(H,27,30). The van der Waals surface area contributed by atoms with Crippen molar-refractivity contribution in [3.05, 3.63) is 64.2 Å². The summed E-state index contributed by atoms with van der Waals surface area (Å²) in [7, 11) is 2.08. The zero-order chi connectivity index (χ0) is 21.7. The van der Waals surface area contributed by atoms with Gasteiger partial charge in [-0.05, 0) is 55.4 Å². The molecule has 1 aliphatic rings. The number of likely N-dealkylation sites (N-methyl/N-ethyl adjacent to an activating group) is 1. The summed E-state index contributed by atoms with van der Waals surface area (Å²) in [5, 5.41) is 3.09. The van der Waals surface area contributed by atoms with Gasteiger partial charge in [-0.1, -0.05) is 23.7 Å². The van der Waals surface area contributed by atoms with E-state index in [4.69, 9.17) is 11.6 Å². The van der Waals surface area contributed by atoms with Gasteiger partial charge in [0.25, 0.3) is 0 Å². The number of nitrogens with one attached hydrogen (secondary N) is 1.